The number of nitrogens with zero attached hydrogens (tertiary/aromatic N) is 2. The van der Waals surface area contributed by atoms with Crippen molar-refractivity contribution in [3.63, 3.8) is 0 Å². The zero-order valence-corrected chi connectivity index (χ0v) is 33.3. The molecule has 0 bridgehead atoms. The molecule has 2 unspecified atom stereocenters. The van der Waals surface area contributed by atoms with E-state index in [2.05, 4.69) is 195 Å². The van der Waals surface area contributed by atoms with Crippen molar-refractivity contribution in [2.24, 2.45) is 0 Å². The van der Waals surface area contributed by atoms with Crippen LogP contribution >= 0.6 is 0 Å². The zero-order valence-electron chi connectivity index (χ0n) is 31.3. The minimum atomic E-state index is -1.56. The summed E-state index contributed by atoms with van der Waals surface area (Å²) in [6, 6.07) is 55.1. The molecule has 2 atom stereocenters. The lowest BCUT2D eigenvalue weighted by Crippen LogP contribution is -2.47. The van der Waals surface area contributed by atoms with E-state index in [0.717, 1.165) is 12.8 Å². The first kappa shape index (κ1) is 33.0. The van der Waals surface area contributed by atoms with Crippen LogP contribution in [0.2, 0.25) is 39.3 Å². The normalized spacial score (nSPS) is 17.2. The van der Waals surface area contributed by atoms with Crippen molar-refractivity contribution in [1.29, 1.82) is 0 Å². The smallest absolute Gasteiger partial charge is 0.0714 e. The fourth-order valence-electron chi connectivity index (χ4n) is 9.13. The van der Waals surface area contributed by atoms with Crippen LogP contribution in [0.3, 0.4) is 0 Å². The highest BCUT2D eigenvalue weighted by Gasteiger charge is 2.40. The summed E-state index contributed by atoms with van der Waals surface area (Å²) in [6.07, 6.45) is 2.23. The molecule has 7 aromatic rings. The van der Waals surface area contributed by atoms with Crippen LogP contribution in [0.5, 0.6) is 0 Å². The van der Waals surface area contributed by atoms with Crippen LogP contribution in [0, 0.1) is 0 Å². The van der Waals surface area contributed by atoms with E-state index >= 15 is 0 Å². The molecule has 2 heterocycles. The van der Waals surface area contributed by atoms with Gasteiger partial charge < -0.3 is 9.80 Å². The number of para-hydroxylation sites is 2. The van der Waals surface area contributed by atoms with E-state index in [0.29, 0.717) is 11.3 Å². The standard InChI is InChI=1S/C48H48N2Si2/c1-51(2,3)45-29-35-21-13-15-23-43(35)49(45)37-25-27-39-41(31-37)47(33-17-9-7-10-18-33)40-28-26-38(32-42(40)48(39)34-19-11-8-12-20-34)50-44-24-16-14-22-36(44)30-46(50)52(4,5)6/h7-28,31-32,45-46H,29-30H2,1-6H3. The molecule has 7 aromatic carbocycles. The number of benzene rings is 7. The molecule has 2 nitrogen and oxygen atoms in total. The van der Waals surface area contributed by atoms with Crippen molar-refractivity contribution >= 4 is 60.4 Å². The van der Waals surface area contributed by atoms with Crippen molar-refractivity contribution in [3.8, 4) is 22.3 Å². The molecule has 9 rings (SSSR count). The molecule has 0 fully saturated rings. The highest BCUT2D eigenvalue weighted by Crippen LogP contribution is 2.50. The van der Waals surface area contributed by atoms with E-state index in [4.69, 9.17) is 0 Å². The third-order valence-corrected chi connectivity index (χ3v) is 16.6. The lowest BCUT2D eigenvalue weighted by Gasteiger charge is -2.36. The largest absolute Gasteiger partial charge is 0.341 e. The van der Waals surface area contributed by atoms with Gasteiger partial charge in [-0.15, -0.1) is 0 Å². The van der Waals surface area contributed by atoms with E-state index in [1.165, 1.54) is 77.7 Å². The Labute approximate surface area is 311 Å². The third kappa shape index (κ3) is 5.43. The second-order valence-corrected chi connectivity index (χ2v) is 27.9. The molecular formula is C48H48N2Si2. The van der Waals surface area contributed by atoms with Crippen LogP contribution in [-0.2, 0) is 12.8 Å². The summed E-state index contributed by atoms with van der Waals surface area (Å²) < 4.78 is 0. The van der Waals surface area contributed by atoms with Gasteiger partial charge in [-0.2, -0.15) is 0 Å². The summed E-state index contributed by atoms with van der Waals surface area (Å²) in [5.41, 5.74) is 14.4. The van der Waals surface area contributed by atoms with Crippen LogP contribution < -0.4 is 9.80 Å². The molecule has 4 heteroatoms. The van der Waals surface area contributed by atoms with Gasteiger partial charge in [-0.1, -0.05) is 148 Å². The Morgan fingerprint density at radius 3 is 1.15 bits per heavy atom. The van der Waals surface area contributed by atoms with Crippen molar-refractivity contribution in [3.05, 3.63) is 157 Å². The van der Waals surface area contributed by atoms with Gasteiger partial charge in [0.15, 0.2) is 0 Å². The molecule has 0 aliphatic carbocycles. The maximum Gasteiger partial charge on any atom is 0.0714 e. The van der Waals surface area contributed by atoms with Gasteiger partial charge in [0, 0.05) is 34.1 Å². The predicted octanol–water partition coefficient (Wildman–Crippen LogP) is 13.2. The van der Waals surface area contributed by atoms with Crippen LogP contribution in [0.25, 0.3) is 43.8 Å². The minimum Gasteiger partial charge on any atom is -0.341 e. The van der Waals surface area contributed by atoms with Gasteiger partial charge in [-0.05, 0) is 104 Å². The first-order valence-electron chi connectivity index (χ1n) is 19.0. The predicted molar refractivity (Wildman–Crippen MR) is 231 cm³/mol. The SMILES string of the molecule is C[Si](C)(C)C1Cc2ccccc2N1c1ccc2c(-c3ccccc3)c3cc(N4c5ccccc5CC4[Si](C)(C)C)ccc3c(-c3ccccc3)c2c1. The molecule has 258 valence electrons. The molecule has 0 N–H and O–H groups in total. The molecule has 52 heavy (non-hydrogen) atoms. The number of fused-ring (bicyclic) bond motifs is 4. The molecule has 0 aromatic heterocycles. The van der Waals surface area contributed by atoms with Gasteiger partial charge in [-0.25, -0.2) is 0 Å². The summed E-state index contributed by atoms with van der Waals surface area (Å²) in [6.45, 7) is 15.1. The van der Waals surface area contributed by atoms with Crippen LogP contribution in [0.4, 0.5) is 22.7 Å². The van der Waals surface area contributed by atoms with Gasteiger partial charge >= 0.3 is 0 Å². The lowest BCUT2D eigenvalue weighted by atomic mass is 9.85. The average Bonchev–Trinajstić information content (AvgIpc) is 3.74. The van der Waals surface area contributed by atoms with Crippen molar-refractivity contribution in [1.82, 2.24) is 0 Å². The lowest BCUT2D eigenvalue weighted by molar-refractivity contribution is 0.874. The fraction of sp³-hybridized carbons (Fsp3) is 0.208. The van der Waals surface area contributed by atoms with Crippen LogP contribution in [-0.4, -0.2) is 27.5 Å². The first-order valence-corrected chi connectivity index (χ1v) is 26.1. The number of hydrogen-bond acceptors (Lipinski definition) is 2. The molecular weight excluding hydrogens is 661 g/mol. The highest BCUT2D eigenvalue weighted by molar-refractivity contribution is 6.79. The quantitative estimate of drug-likeness (QED) is 0.125. The summed E-state index contributed by atoms with van der Waals surface area (Å²) >= 11 is 0. The Bertz CT molecular complexity index is 2280. The Hall–Kier alpha value is -4.91. The van der Waals surface area contributed by atoms with E-state index in [1.807, 2.05) is 0 Å². The molecule has 2 aliphatic heterocycles. The molecule has 0 spiro atoms. The van der Waals surface area contributed by atoms with Gasteiger partial charge in [-0.3, -0.25) is 0 Å². The summed E-state index contributed by atoms with van der Waals surface area (Å²) in [5, 5.41) is 5.24. The fourth-order valence-corrected chi connectivity index (χ4v) is 12.9. The van der Waals surface area contributed by atoms with E-state index in [-0.39, 0.29) is 0 Å². The van der Waals surface area contributed by atoms with Crippen molar-refractivity contribution in [2.75, 3.05) is 9.80 Å². The average molecular weight is 709 g/mol. The van der Waals surface area contributed by atoms with Gasteiger partial charge in [0.25, 0.3) is 0 Å². The minimum absolute atomic E-state index is 0.502. The first-order chi connectivity index (χ1) is 25.1. The Morgan fingerprint density at radius 1 is 0.404 bits per heavy atom. The molecule has 0 amide bonds. The Kier molecular flexibility index (Phi) is 7.83. The molecule has 2 aliphatic rings. The van der Waals surface area contributed by atoms with Crippen molar-refractivity contribution in [2.45, 2.75) is 63.5 Å². The van der Waals surface area contributed by atoms with E-state index in [9.17, 15) is 0 Å². The number of anilines is 4. The maximum absolute atomic E-state index is 2.69. The van der Waals surface area contributed by atoms with Crippen LogP contribution in [0.1, 0.15) is 11.1 Å². The van der Waals surface area contributed by atoms with E-state index in [1.54, 1.807) is 0 Å². The number of hydrogen-bond donors (Lipinski definition) is 0. The molecule has 0 saturated carbocycles. The maximum atomic E-state index is 2.69. The van der Waals surface area contributed by atoms with E-state index < -0.39 is 16.1 Å². The molecule has 0 radical (unpaired) electrons. The summed E-state index contributed by atoms with van der Waals surface area (Å²) in [5.74, 6) is 0. The van der Waals surface area contributed by atoms with Crippen molar-refractivity contribution < 1.29 is 0 Å². The van der Waals surface area contributed by atoms with Gasteiger partial charge in [0.2, 0.25) is 0 Å². The second-order valence-electron chi connectivity index (χ2n) is 17.1. The Morgan fingerprint density at radius 2 is 0.769 bits per heavy atom. The summed E-state index contributed by atoms with van der Waals surface area (Å²) in [7, 11) is -3.12. The Balaban J connectivity index is 1.35. The third-order valence-electron chi connectivity index (χ3n) is 11.7. The second kappa shape index (κ2) is 12.4. The topological polar surface area (TPSA) is 6.48 Å². The molecule has 0 saturated heterocycles. The zero-order chi connectivity index (χ0) is 35.8. The van der Waals surface area contributed by atoms with Gasteiger partial charge in [0.05, 0.1) is 16.1 Å². The monoisotopic (exact) mass is 708 g/mol. The highest BCUT2D eigenvalue weighted by atomic mass is 28.3. The van der Waals surface area contributed by atoms with Gasteiger partial charge in [0.1, 0.15) is 0 Å². The van der Waals surface area contributed by atoms with Crippen LogP contribution in [0.15, 0.2) is 146 Å². The summed E-state index contributed by atoms with van der Waals surface area (Å²) in [4.78, 5) is 5.37. The number of rotatable bonds is 6.